The Labute approximate surface area is 151 Å². The lowest BCUT2D eigenvalue weighted by atomic mass is 10.1. The fourth-order valence-corrected chi connectivity index (χ4v) is 3.35. The van der Waals surface area contributed by atoms with E-state index in [9.17, 15) is 13.2 Å². The van der Waals surface area contributed by atoms with Gasteiger partial charge in [-0.25, -0.2) is 0 Å². The van der Waals surface area contributed by atoms with Gasteiger partial charge in [0.2, 0.25) is 0 Å². The first kappa shape index (κ1) is 17.8. The zero-order valence-electron chi connectivity index (χ0n) is 13.1. The van der Waals surface area contributed by atoms with E-state index in [2.05, 4.69) is 10.2 Å². The van der Waals surface area contributed by atoms with Gasteiger partial charge in [-0.1, -0.05) is 53.7 Å². The van der Waals surface area contributed by atoms with Crippen molar-refractivity contribution in [2.45, 2.75) is 17.1 Å². The molecule has 8 heteroatoms. The molecule has 0 aliphatic heterocycles. The van der Waals surface area contributed by atoms with Crippen LogP contribution in [0.5, 0.6) is 0 Å². The minimum atomic E-state index is -4.34. The molecule has 3 nitrogen and oxygen atoms in total. The van der Waals surface area contributed by atoms with Crippen LogP contribution in [0.15, 0.2) is 53.7 Å². The summed E-state index contributed by atoms with van der Waals surface area (Å²) in [5.74, 6) is 1.01. The Bertz CT molecular complexity index is 893. The summed E-state index contributed by atoms with van der Waals surface area (Å²) < 4.78 is 40.1. The summed E-state index contributed by atoms with van der Waals surface area (Å²) in [5, 5.41) is 9.48. The predicted octanol–water partition coefficient (Wildman–Crippen LogP) is 5.45. The Morgan fingerprint density at radius 3 is 2.56 bits per heavy atom. The summed E-state index contributed by atoms with van der Waals surface area (Å²) in [6, 6.07) is 12.5. The summed E-state index contributed by atoms with van der Waals surface area (Å²) in [6.45, 7) is 0. The average molecular weight is 384 g/mol. The van der Waals surface area contributed by atoms with Gasteiger partial charge in [-0.15, -0.1) is 10.2 Å². The van der Waals surface area contributed by atoms with E-state index >= 15 is 0 Å². The highest BCUT2D eigenvalue weighted by molar-refractivity contribution is 7.98. The van der Waals surface area contributed by atoms with Crippen molar-refractivity contribution in [2.75, 3.05) is 0 Å². The van der Waals surface area contributed by atoms with Crippen LogP contribution in [0.1, 0.15) is 11.1 Å². The first-order valence-electron chi connectivity index (χ1n) is 7.29. The van der Waals surface area contributed by atoms with E-state index in [1.54, 1.807) is 22.8 Å². The third kappa shape index (κ3) is 4.16. The molecule has 0 aliphatic carbocycles. The molecule has 0 saturated carbocycles. The molecule has 3 aromatic rings. The SMILES string of the molecule is Cn1c(SCc2cccc(C(F)(F)F)c2)nnc1-c1cccc(Cl)c1. The van der Waals surface area contributed by atoms with E-state index in [0.717, 1.165) is 17.7 Å². The second-order valence-corrected chi connectivity index (χ2v) is 6.74. The van der Waals surface area contributed by atoms with Crippen LogP contribution in [0.2, 0.25) is 5.02 Å². The van der Waals surface area contributed by atoms with Gasteiger partial charge >= 0.3 is 6.18 Å². The van der Waals surface area contributed by atoms with Crippen molar-refractivity contribution < 1.29 is 13.2 Å². The fourth-order valence-electron chi connectivity index (χ4n) is 2.30. The van der Waals surface area contributed by atoms with Gasteiger partial charge in [0, 0.05) is 23.4 Å². The van der Waals surface area contributed by atoms with Gasteiger partial charge in [-0.2, -0.15) is 13.2 Å². The van der Waals surface area contributed by atoms with E-state index in [4.69, 9.17) is 11.6 Å². The van der Waals surface area contributed by atoms with Crippen molar-refractivity contribution in [1.29, 1.82) is 0 Å². The van der Waals surface area contributed by atoms with E-state index < -0.39 is 11.7 Å². The summed E-state index contributed by atoms with van der Waals surface area (Å²) in [4.78, 5) is 0. The second kappa shape index (κ2) is 7.09. The van der Waals surface area contributed by atoms with Crippen LogP contribution in [0.4, 0.5) is 13.2 Å². The molecule has 0 amide bonds. The molecule has 0 radical (unpaired) electrons. The molecule has 0 N–H and O–H groups in total. The number of rotatable bonds is 4. The number of nitrogens with zero attached hydrogens (tertiary/aromatic N) is 3. The summed E-state index contributed by atoms with van der Waals surface area (Å²) in [5.41, 5.74) is 0.753. The molecule has 0 aliphatic rings. The maximum atomic E-state index is 12.8. The largest absolute Gasteiger partial charge is 0.416 e. The molecule has 0 spiro atoms. The summed E-state index contributed by atoms with van der Waals surface area (Å²) >= 11 is 7.32. The van der Waals surface area contributed by atoms with Gasteiger partial charge in [-0.05, 0) is 23.8 Å². The Balaban J connectivity index is 1.77. The number of thioether (sulfide) groups is 1. The highest BCUT2D eigenvalue weighted by atomic mass is 35.5. The molecular weight excluding hydrogens is 371 g/mol. The lowest BCUT2D eigenvalue weighted by Crippen LogP contribution is -2.05. The molecule has 0 unspecified atom stereocenters. The molecule has 0 atom stereocenters. The number of benzene rings is 2. The zero-order chi connectivity index (χ0) is 18.0. The van der Waals surface area contributed by atoms with Crippen LogP contribution < -0.4 is 0 Å². The first-order valence-corrected chi connectivity index (χ1v) is 8.65. The monoisotopic (exact) mass is 383 g/mol. The van der Waals surface area contributed by atoms with E-state index in [1.165, 1.54) is 17.8 Å². The van der Waals surface area contributed by atoms with E-state index in [0.29, 0.717) is 27.3 Å². The van der Waals surface area contributed by atoms with Crippen molar-refractivity contribution in [2.24, 2.45) is 7.05 Å². The van der Waals surface area contributed by atoms with Crippen molar-refractivity contribution in [3.05, 3.63) is 64.7 Å². The van der Waals surface area contributed by atoms with Gasteiger partial charge < -0.3 is 4.57 Å². The Hall–Kier alpha value is -1.99. The molecule has 25 heavy (non-hydrogen) atoms. The number of hydrogen-bond donors (Lipinski definition) is 0. The maximum absolute atomic E-state index is 12.8. The number of hydrogen-bond acceptors (Lipinski definition) is 3. The van der Waals surface area contributed by atoms with Crippen LogP contribution in [0.3, 0.4) is 0 Å². The maximum Gasteiger partial charge on any atom is 0.416 e. The lowest BCUT2D eigenvalue weighted by Gasteiger charge is -2.08. The van der Waals surface area contributed by atoms with Crippen LogP contribution >= 0.6 is 23.4 Å². The molecule has 2 aromatic carbocycles. The predicted molar refractivity (Wildman–Crippen MR) is 92.5 cm³/mol. The smallest absolute Gasteiger partial charge is 0.305 e. The van der Waals surface area contributed by atoms with Gasteiger partial charge in [0.05, 0.1) is 5.56 Å². The second-order valence-electron chi connectivity index (χ2n) is 5.36. The average Bonchev–Trinajstić information content (AvgIpc) is 2.93. The van der Waals surface area contributed by atoms with E-state index in [-0.39, 0.29) is 0 Å². The number of halogens is 4. The third-order valence-corrected chi connectivity index (χ3v) is 4.87. The van der Waals surface area contributed by atoms with Gasteiger partial charge in [-0.3, -0.25) is 0 Å². The minimum absolute atomic E-state index is 0.367. The third-order valence-electron chi connectivity index (χ3n) is 3.54. The van der Waals surface area contributed by atoms with Crippen molar-refractivity contribution in [3.63, 3.8) is 0 Å². The van der Waals surface area contributed by atoms with Crippen LogP contribution in [0, 0.1) is 0 Å². The van der Waals surface area contributed by atoms with Crippen molar-refractivity contribution in [1.82, 2.24) is 14.8 Å². The minimum Gasteiger partial charge on any atom is -0.305 e. The highest BCUT2D eigenvalue weighted by Gasteiger charge is 2.30. The molecule has 1 heterocycles. The zero-order valence-corrected chi connectivity index (χ0v) is 14.7. The topological polar surface area (TPSA) is 30.7 Å². The molecule has 1 aromatic heterocycles. The quantitative estimate of drug-likeness (QED) is 0.561. The van der Waals surface area contributed by atoms with Crippen LogP contribution in [-0.2, 0) is 19.0 Å². The van der Waals surface area contributed by atoms with E-state index in [1.807, 2.05) is 19.2 Å². The molecule has 3 rings (SSSR count). The summed E-state index contributed by atoms with van der Waals surface area (Å²) in [7, 11) is 1.81. The molecule has 130 valence electrons. The van der Waals surface area contributed by atoms with Crippen LogP contribution in [-0.4, -0.2) is 14.8 Å². The van der Waals surface area contributed by atoms with Gasteiger partial charge in [0.25, 0.3) is 0 Å². The molecule has 0 bridgehead atoms. The summed E-state index contributed by atoms with van der Waals surface area (Å²) in [6.07, 6.45) is -4.34. The fraction of sp³-hybridized carbons (Fsp3) is 0.176. The molecular formula is C17H13ClF3N3S. The molecule has 0 saturated heterocycles. The Morgan fingerprint density at radius 1 is 1.08 bits per heavy atom. The van der Waals surface area contributed by atoms with Crippen molar-refractivity contribution in [3.8, 4) is 11.4 Å². The lowest BCUT2D eigenvalue weighted by molar-refractivity contribution is -0.137. The normalized spacial score (nSPS) is 11.7. The highest BCUT2D eigenvalue weighted by Crippen LogP contribution is 2.31. The standard InChI is InChI=1S/C17H13ClF3N3S/c1-24-15(12-5-3-7-14(18)9-12)22-23-16(24)25-10-11-4-2-6-13(8-11)17(19,20)21/h2-9H,10H2,1H3. The van der Waals surface area contributed by atoms with Gasteiger partial charge in [0.1, 0.15) is 0 Å². The first-order chi connectivity index (χ1) is 11.8. The van der Waals surface area contributed by atoms with Gasteiger partial charge in [0.15, 0.2) is 11.0 Å². The Morgan fingerprint density at radius 2 is 1.84 bits per heavy atom. The molecule has 0 fully saturated rings. The number of aromatic nitrogens is 3. The Kier molecular flexibility index (Phi) is 5.06. The number of alkyl halides is 3. The van der Waals surface area contributed by atoms with Crippen molar-refractivity contribution >= 4 is 23.4 Å². The van der Waals surface area contributed by atoms with Crippen LogP contribution in [0.25, 0.3) is 11.4 Å².